The van der Waals surface area contributed by atoms with Crippen LogP contribution in [0.15, 0.2) is 45.2 Å². The van der Waals surface area contributed by atoms with E-state index in [0.29, 0.717) is 23.0 Å². The molecule has 0 aliphatic rings. The second-order valence-corrected chi connectivity index (χ2v) is 9.89. The van der Waals surface area contributed by atoms with E-state index in [0.717, 1.165) is 18.2 Å². The van der Waals surface area contributed by atoms with Crippen LogP contribution in [0, 0.1) is 0 Å². The number of hydrogen-bond acceptors (Lipinski definition) is 6. The van der Waals surface area contributed by atoms with E-state index in [4.69, 9.17) is 0 Å². The number of aromatic nitrogens is 2. The molecule has 0 bridgehead atoms. The van der Waals surface area contributed by atoms with Crippen LogP contribution in [0.25, 0.3) is 0 Å². The van der Waals surface area contributed by atoms with Crippen molar-refractivity contribution >= 4 is 33.4 Å². The van der Waals surface area contributed by atoms with Gasteiger partial charge >= 0.3 is 0 Å². The lowest BCUT2D eigenvalue weighted by atomic mass is 10.2. The standard InChI is InChI=1S/C19H26N4O4S2/c1-5-6-15-11-17(24)22-19(21-15)28-13(4)18(25)20-14-7-9-16(10-8-14)29(26,27)23-12(2)3/h7-13,23H,5-6H2,1-4H3,(H,20,25)(H,21,22,24). The highest BCUT2D eigenvalue weighted by atomic mass is 32.2. The SMILES string of the molecule is CCCc1cc(=O)[nH]c(SC(C)C(=O)Nc2ccc(S(=O)(=O)NC(C)C)cc2)n1. The van der Waals surface area contributed by atoms with Crippen molar-refractivity contribution in [2.45, 2.75) is 61.9 Å². The Labute approximate surface area is 175 Å². The molecule has 10 heteroatoms. The third-order valence-electron chi connectivity index (χ3n) is 3.76. The summed E-state index contributed by atoms with van der Waals surface area (Å²) in [7, 11) is -3.58. The largest absolute Gasteiger partial charge is 0.325 e. The van der Waals surface area contributed by atoms with Crippen LogP contribution in [0.2, 0.25) is 0 Å². The first-order valence-electron chi connectivity index (χ1n) is 9.31. The third-order valence-corrected chi connectivity index (χ3v) is 6.42. The van der Waals surface area contributed by atoms with Crippen molar-refractivity contribution in [1.82, 2.24) is 14.7 Å². The van der Waals surface area contributed by atoms with Gasteiger partial charge in [0.25, 0.3) is 5.56 Å². The Kier molecular flexibility index (Phi) is 8.00. The Bertz CT molecular complexity index is 1000. The van der Waals surface area contributed by atoms with E-state index in [1.54, 1.807) is 20.8 Å². The molecule has 1 aromatic heterocycles. The molecule has 158 valence electrons. The molecule has 0 saturated heterocycles. The van der Waals surface area contributed by atoms with E-state index >= 15 is 0 Å². The quantitative estimate of drug-likeness (QED) is 0.409. The predicted octanol–water partition coefficient (Wildman–Crippen LogP) is 2.53. The molecule has 1 atom stereocenters. The van der Waals surface area contributed by atoms with Crippen LogP contribution in [-0.2, 0) is 21.2 Å². The Morgan fingerprint density at radius 2 is 1.86 bits per heavy atom. The van der Waals surface area contributed by atoms with Crippen molar-refractivity contribution in [3.8, 4) is 0 Å². The second-order valence-electron chi connectivity index (χ2n) is 6.84. The Hall–Kier alpha value is -2.17. The van der Waals surface area contributed by atoms with Crippen molar-refractivity contribution in [2.24, 2.45) is 0 Å². The third kappa shape index (κ3) is 6.98. The van der Waals surface area contributed by atoms with E-state index in [1.165, 1.54) is 30.3 Å². The summed E-state index contributed by atoms with van der Waals surface area (Å²) in [6, 6.07) is 7.19. The van der Waals surface area contributed by atoms with Gasteiger partial charge in [0.15, 0.2) is 5.16 Å². The van der Waals surface area contributed by atoms with Crippen LogP contribution in [0.5, 0.6) is 0 Å². The topological polar surface area (TPSA) is 121 Å². The van der Waals surface area contributed by atoms with Gasteiger partial charge in [-0.15, -0.1) is 0 Å². The van der Waals surface area contributed by atoms with Crippen molar-refractivity contribution in [2.75, 3.05) is 5.32 Å². The fourth-order valence-electron chi connectivity index (χ4n) is 2.48. The van der Waals surface area contributed by atoms with Gasteiger partial charge in [0.1, 0.15) is 0 Å². The Morgan fingerprint density at radius 3 is 2.45 bits per heavy atom. The summed E-state index contributed by atoms with van der Waals surface area (Å²) in [5, 5.41) is 2.62. The fraction of sp³-hybridized carbons (Fsp3) is 0.421. The molecular formula is C19H26N4O4S2. The average Bonchev–Trinajstić information content (AvgIpc) is 2.60. The molecule has 29 heavy (non-hydrogen) atoms. The molecular weight excluding hydrogens is 412 g/mol. The van der Waals surface area contributed by atoms with Crippen molar-refractivity contribution in [3.05, 3.63) is 46.4 Å². The molecule has 0 aliphatic heterocycles. The van der Waals surface area contributed by atoms with Gasteiger partial charge in [0.2, 0.25) is 15.9 Å². The minimum Gasteiger partial charge on any atom is -0.325 e. The van der Waals surface area contributed by atoms with Crippen LogP contribution in [-0.4, -0.2) is 35.6 Å². The lowest BCUT2D eigenvalue weighted by Gasteiger charge is -2.13. The molecule has 0 saturated carbocycles. The summed E-state index contributed by atoms with van der Waals surface area (Å²) in [5.41, 5.74) is 0.927. The number of nitrogens with zero attached hydrogens (tertiary/aromatic N) is 1. The smallest absolute Gasteiger partial charge is 0.251 e. The van der Waals surface area contributed by atoms with Crippen LogP contribution in [0.4, 0.5) is 5.69 Å². The molecule has 8 nitrogen and oxygen atoms in total. The maximum absolute atomic E-state index is 12.5. The predicted molar refractivity (Wildman–Crippen MR) is 115 cm³/mol. The molecule has 1 unspecified atom stereocenters. The van der Waals surface area contributed by atoms with E-state index in [-0.39, 0.29) is 22.4 Å². The summed E-state index contributed by atoms with van der Waals surface area (Å²) in [5.74, 6) is -0.283. The molecule has 0 fully saturated rings. The first-order chi connectivity index (χ1) is 13.6. The number of rotatable bonds is 9. The van der Waals surface area contributed by atoms with Gasteiger partial charge in [-0.1, -0.05) is 25.1 Å². The second kappa shape index (κ2) is 10.0. The summed E-state index contributed by atoms with van der Waals surface area (Å²) in [6.07, 6.45) is 1.56. The van der Waals surface area contributed by atoms with Gasteiger partial charge in [0, 0.05) is 23.5 Å². The number of aromatic amines is 1. The molecule has 1 heterocycles. The normalized spacial score (nSPS) is 12.7. The zero-order valence-corrected chi connectivity index (χ0v) is 18.5. The summed E-state index contributed by atoms with van der Waals surface area (Å²) < 4.78 is 26.8. The summed E-state index contributed by atoms with van der Waals surface area (Å²) >= 11 is 1.15. The number of sulfonamides is 1. The van der Waals surface area contributed by atoms with E-state index in [2.05, 4.69) is 20.0 Å². The van der Waals surface area contributed by atoms with Gasteiger partial charge in [-0.3, -0.25) is 9.59 Å². The number of thioether (sulfide) groups is 1. The van der Waals surface area contributed by atoms with Gasteiger partial charge in [0.05, 0.1) is 10.1 Å². The molecule has 0 aliphatic carbocycles. The number of benzene rings is 1. The number of hydrogen-bond donors (Lipinski definition) is 3. The van der Waals surface area contributed by atoms with Crippen LogP contribution in [0.3, 0.4) is 0 Å². The highest BCUT2D eigenvalue weighted by molar-refractivity contribution is 8.00. The lowest BCUT2D eigenvalue weighted by molar-refractivity contribution is -0.115. The lowest BCUT2D eigenvalue weighted by Crippen LogP contribution is -2.30. The number of aryl methyl sites for hydroxylation is 1. The monoisotopic (exact) mass is 438 g/mol. The zero-order valence-electron chi connectivity index (χ0n) is 16.9. The molecule has 2 aromatic rings. The number of carbonyl (C=O) groups is 1. The molecule has 3 N–H and O–H groups in total. The fourth-order valence-corrected chi connectivity index (χ4v) is 4.57. The van der Waals surface area contributed by atoms with Gasteiger partial charge in [-0.25, -0.2) is 18.1 Å². The van der Waals surface area contributed by atoms with Crippen molar-refractivity contribution in [3.63, 3.8) is 0 Å². The Balaban J connectivity index is 2.04. The first kappa shape index (κ1) is 23.1. The zero-order chi connectivity index (χ0) is 21.6. The summed E-state index contributed by atoms with van der Waals surface area (Å²) in [6.45, 7) is 7.19. The maximum Gasteiger partial charge on any atom is 0.251 e. The number of H-pyrrole nitrogens is 1. The molecule has 1 aromatic carbocycles. The Morgan fingerprint density at radius 1 is 1.21 bits per heavy atom. The minimum atomic E-state index is -3.58. The molecule has 1 amide bonds. The van der Waals surface area contributed by atoms with Crippen molar-refractivity contribution in [1.29, 1.82) is 0 Å². The molecule has 0 radical (unpaired) electrons. The number of carbonyl (C=O) groups excluding carboxylic acids is 1. The average molecular weight is 439 g/mol. The number of anilines is 1. The highest BCUT2D eigenvalue weighted by Crippen LogP contribution is 2.21. The van der Waals surface area contributed by atoms with Gasteiger partial charge in [-0.2, -0.15) is 0 Å². The highest BCUT2D eigenvalue weighted by Gasteiger charge is 2.18. The van der Waals surface area contributed by atoms with Gasteiger partial charge in [-0.05, 0) is 51.5 Å². The number of nitrogens with one attached hydrogen (secondary N) is 3. The maximum atomic E-state index is 12.5. The van der Waals surface area contributed by atoms with Crippen LogP contribution >= 0.6 is 11.8 Å². The van der Waals surface area contributed by atoms with Crippen LogP contribution < -0.4 is 15.6 Å². The first-order valence-corrected chi connectivity index (χ1v) is 11.7. The van der Waals surface area contributed by atoms with E-state index in [1.807, 2.05) is 6.92 Å². The minimum absolute atomic E-state index is 0.126. The molecule has 2 rings (SSSR count). The van der Waals surface area contributed by atoms with E-state index < -0.39 is 15.3 Å². The molecule has 0 spiro atoms. The van der Waals surface area contributed by atoms with Crippen LogP contribution in [0.1, 0.15) is 39.8 Å². The number of amides is 1. The van der Waals surface area contributed by atoms with Crippen molar-refractivity contribution < 1.29 is 13.2 Å². The summed E-state index contributed by atoms with van der Waals surface area (Å²) in [4.78, 5) is 31.3. The van der Waals surface area contributed by atoms with E-state index in [9.17, 15) is 18.0 Å². The van der Waals surface area contributed by atoms with Gasteiger partial charge < -0.3 is 10.3 Å².